The monoisotopic (exact) mass is 422 g/mol. The molecule has 3 aromatic rings. The van der Waals surface area contributed by atoms with Gasteiger partial charge >= 0.3 is 12.3 Å². The highest BCUT2D eigenvalue weighted by atomic mass is 32.1. The molecule has 10 heteroatoms. The minimum atomic E-state index is -4.50. The zero-order valence-corrected chi connectivity index (χ0v) is 16.6. The fourth-order valence-corrected chi connectivity index (χ4v) is 3.23. The number of carbonyl (C=O) groups is 1. The minimum absolute atomic E-state index is 0.244. The SMILES string of the molecule is Cc1nc(NC(=O)Oc2ccccc2)sc1-c1ccnc(C(C)(C)C(F)(F)F)n1. The molecule has 0 fully saturated rings. The summed E-state index contributed by atoms with van der Waals surface area (Å²) in [4.78, 5) is 24.7. The first-order valence-electron chi connectivity index (χ1n) is 8.50. The molecule has 0 saturated heterocycles. The van der Waals surface area contributed by atoms with E-state index in [1.807, 2.05) is 0 Å². The van der Waals surface area contributed by atoms with E-state index in [4.69, 9.17) is 4.74 Å². The Morgan fingerprint density at radius 2 is 1.79 bits per heavy atom. The number of anilines is 1. The third-order valence-electron chi connectivity index (χ3n) is 4.12. The molecule has 2 heterocycles. The first-order chi connectivity index (χ1) is 13.6. The number of aromatic nitrogens is 3. The van der Waals surface area contributed by atoms with Crippen LogP contribution in [-0.2, 0) is 5.41 Å². The van der Waals surface area contributed by atoms with Gasteiger partial charge in [0.25, 0.3) is 0 Å². The second-order valence-electron chi connectivity index (χ2n) is 6.65. The van der Waals surface area contributed by atoms with Crippen molar-refractivity contribution in [2.75, 3.05) is 5.32 Å². The van der Waals surface area contributed by atoms with Crippen LogP contribution < -0.4 is 10.1 Å². The van der Waals surface area contributed by atoms with Crippen LogP contribution in [0.15, 0.2) is 42.6 Å². The Hall–Kier alpha value is -3.01. The van der Waals surface area contributed by atoms with Gasteiger partial charge in [0.15, 0.2) is 5.13 Å². The van der Waals surface area contributed by atoms with Gasteiger partial charge in [-0.3, -0.25) is 5.32 Å². The highest BCUT2D eigenvalue weighted by Crippen LogP contribution is 2.40. The van der Waals surface area contributed by atoms with Crippen LogP contribution >= 0.6 is 11.3 Å². The van der Waals surface area contributed by atoms with E-state index >= 15 is 0 Å². The molecule has 1 N–H and O–H groups in total. The van der Waals surface area contributed by atoms with Crippen LogP contribution in [0, 0.1) is 6.92 Å². The van der Waals surface area contributed by atoms with E-state index in [2.05, 4.69) is 20.3 Å². The molecule has 6 nitrogen and oxygen atoms in total. The number of nitrogens with one attached hydrogen (secondary N) is 1. The Kier molecular flexibility index (Phi) is 5.56. The van der Waals surface area contributed by atoms with Crippen LogP contribution in [-0.4, -0.2) is 27.2 Å². The van der Waals surface area contributed by atoms with Gasteiger partial charge in [0.2, 0.25) is 0 Å². The van der Waals surface area contributed by atoms with Crippen LogP contribution in [0.3, 0.4) is 0 Å². The summed E-state index contributed by atoms with van der Waals surface area (Å²) in [6.45, 7) is 3.73. The number of ether oxygens (including phenoxy) is 1. The average Bonchev–Trinajstić information content (AvgIpc) is 3.01. The van der Waals surface area contributed by atoms with Gasteiger partial charge in [0.05, 0.1) is 16.3 Å². The second-order valence-corrected chi connectivity index (χ2v) is 7.65. The van der Waals surface area contributed by atoms with Crippen LogP contribution in [0.4, 0.5) is 23.1 Å². The Labute approximate surface area is 168 Å². The Morgan fingerprint density at radius 3 is 2.45 bits per heavy atom. The lowest BCUT2D eigenvalue weighted by Gasteiger charge is -2.26. The summed E-state index contributed by atoms with van der Waals surface area (Å²) >= 11 is 1.08. The summed E-state index contributed by atoms with van der Waals surface area (Å²) in [6, 6.07) is 10.00. The molecule has 0 atom stereocenters. The van der Waals surface area contributed by atoms with E-state index < -0.39 is 17.7 Å². The topological polar surface area (TPSA) is 77.0 Å². The van der Waals surface area contributed by atoms with E-state index in [9.17, 15) is 18.0 Å². The van der Waals surface area contributed by atoms with E-state index in [-0.39, 0.29) is 11.0 Å². The first-order valence-corrected chi connectivity index (χ1v) is 9.31. The van der Waals surface area contributed by atoms with Crippen LogP contribution in [0.2, 0.25) is 0 Å². The van der Waals surface area contributed by atoms with Gasteiger partial charge in [0, 0.05) is 6.20 Å². The van der Waals surface area contributed by atoms with E-state index in [0.717, 1.165) is 25.2 Å². The van der Waals surface area contributed by atoms with E-state index in [0.29, 0.717) is 22.0 Å². The van der Waals surface area contributed by atoms with E-state index in [1.54, 1.807) is 37.3 Å². The molecule has 1 aromatic carbocycles. The molecule has 152 valence electrons. The molecule has 0 radical (unpaired) electrons. The van der Waals surface area contributed by atoms with Gasteiger partial charge in [-0.1, -0.05) is 29.5 Å². The summed E-state index contributed by atoms with van der Waals surface area (Å²) in [5.41, 5.74) is -1.39. The maximum atomic E-state index is 13.3. The lowest BCUT2D eigenvalue weighted by Crippen LogP contribution is -2.38. The van der Waals surface area contributed by atoms with Crippen LogP contribution in [0.1, 0.15) is 25.4 Å². The zero-order chi connectivity index (χ0) is 21.2. The molecule has 0 bridgehead atoms. The number of hydrogen-bond donors (Lipinski definition) is 1. The van der Waals surface area contributed by atoms with Crippen molar-refractivity contribution < 1.29 is 22.7 Å². The standard InChI is InChI=1S/C19H17F3N4O2S/c1-11-14(13-9-10-23-15(25-13)18(2,3)19(20,21)22)29-16(24-11)26-17(27)28-12-7-5-4-6-8-12/h4-10H,1-3H3,(H,24,26,27). The van der Waals surface area contributed by atoms with Crippen molar-refractivity contribution in [1.29, 1.82) is 0 Å². The third kappa shape index (κ3) is 4.53. The quantitative estimate of drug-likeness (QED) is 0.613. The van der Waals surface area contributed by atoms with Crippen molar-refractivity contribution in [1.82, 2.24) is 15.0 Å². The average molecular weight is 422 g/mol. The number of hydrogen-bond acceptors (Lipinski definition) is 6. The number of amides is 1. The number of carbonyl (C=O) groups excluding carboxylic acids is 1. The van der Waals surface area contributed by atoms with Gasteiger partial charge in [-0.25, -0.2) is 19.7 Å². The van der Waals surface area contributed by atoms with Crippen LogP contribution in [0.25, 0.3) is 10.6 Å². The molecular formula is C19H17F3N4O2S. The lowest BCUT2D eigenvalue weighted by atomic mass is 9.91. The third-order valence-corrected chi connectivity index (χ3v) is 5.21. The summed E-state index contributed by atoms with van der Waals surface area (Å²) in [6.07, 6.45) is -3.94. The van der Waals surface area contributed by atoms with Crippen molar-refractivity contribution in [2.24, 2.45) is 0 Å². The van der Waals surface area contributed by atoms with E-state index in [1.165, 1.54) is 12.3 Å². The van der Waals surface area contributed by atoms with Gasteiger partial charge < -0.3 is 4.74 Å². The van der Waals surface area contributed by atoms with Crippen molar-refractivity contribution in [2.45, 2.75) is 32.4 Å². The van der Waals surface area contributed by atoms with Crippen LogP contribution in [0.5, 0.6) is 5.75 Å². The Balaban J connectivity index is 1.82. The van der Waals surface area contributed by atoms with Crippen molar-refractivity contribution in [3.63, 3.8) is 0 Å². The van der Waals surface area contributed by atoms with Crippen molar-refractivity contribution in [3.05, 3.63) is 54.1 Å². The molecule has 0 saturated carbocycles. The molecule has 2 aromatic heterocycles. The number of alkyl halides is 3. The number of aryl methyl sites for hydroxylation is 1. The minimum Gasteiger partial charge on any atom is -0.410 e. The molecule has 0 aliphatic rings. The summed E-state index contributed by atoms with van der Waals surface area (Å²) in [7, 11) is 0. The van der Waals surface area contributed by atoms with Gasteiger partial charge in [-0.15, -0.1) is 0 Å². The predicted molar refractivity (Wildman–Crippen MR) is 103 cm³/mol. The Morgan fingerprint density at radius 1 is 1.10 bits per heavy atom. The normalized spacial score (nSPS) is 11.9. The maximum Gasteiger partial charge on any atom is 0.418 e. The van der Waals surface area contributed by atoms with Gasteiger partial charge in [-0.05, 0) is 39.0 Å². The fraction of sp³-hybridized carbons (Fsp3) is 0.263. The smallest absolute Gasteiger partial charge is 0.410 e. The molecule has 0 aliphatic heterocycles. The molecule has 1 amide bonds. The molecule has 3 rings (SSSR count). The first kappa shape index (κ1) is 20.7. The number of thiazole rings is 1. The van der Waals surface area contributed by atoms with Crippen molar-refractivity contribution >= 4 is 22.6 Å². The summed E-state index contributed by atoms with van der Waals surface area (Å²) in [5.74, 6) is 0.0293. The molecule has 0 aliphatic carbocycles. The zero-order valence-electron chi connectivity index (χ0n) is 15.7. The van der Waals surface area contributed by atoms with Gasteiger partial charge in [0.1, 0.15) is 17.0 Å². The molecule has 29 heavy (non-hydrogen) atoms. The van der Waals surface area contributed by atoms with Gasteiger partial charge in [-0.2, -0.15) is 13.2 Å². The summed E-state index contributed by atoms with van der Waals surface area (Å²) in [5, 5.41) is 2.76. The summed E-state index contributed by atoms with van der Waals surface area (Å²) < 4.78 is 45.1. The largest absolute Gasteiger partial charge is 0.418 e. The Bertz CT molecular complexity index is 1020. The molecular weight excluding hydrogens is 405 g/mol. The number of rotatable bonds is 4. The number of halogens is 3. The lowest BCUT2D eigenvalue weighted by molar-refractivity contribution is -0.182. The maximum absolute atomic E-state index is 13.3. The molecule has 0 spiro atoms. The highest BCUT2D eigenvalue weighted by Gasteiger charge is 2.50. The fourth-order valence-electron chi connectivity index (χ4n) is 2.31. The van der Waals surface area contributed by atoms with Crippen molar-refractivity contribution in [3.8, 4) is 16.3 Å². The highest BCUT2D eigenvalue weighted by molar-refractivity contribution is 7.19. The second kappa shape index (κ2) is 7.78. The number of nitrogens with zero attached hydrogens (tertiary/aromatic N) is 3. The number of para-hydroxylation sites is 1. The predicted octanol–water partition coefficient (Wildman–Crippen LogP) is 5.36. The molecule has 0 unspecified atom stereocenters. The number of benzene rings is 1.